The Morgan fingerprint density at radius 2 is 1.85 bits per heavy atom. The van der Waals surface area contributed by atoms with Gasteiger partial charge in [-0.25, -0.2) is 9.78 Å². The van der Waals surface area contributed by atoms with E-state index in [1.54, 1.807) is 52.0 Å². The number of carboxylic acid groups (broad SMARTS) is 1. The lowest BCUT2D eigenvalue weighted by Crippen LogP contribution is -2.30. The molecule has 0 radical (unpaired) electrons. The van der Waals surface area contributed by atoms with Crippen LogP contribution < -0.4 is 10.5 Å². The SMILES string of the molecule is C#CCN(Cc1ccc2nc(C)n(COC(=O)C(C)(C)C)c(=O)c2c1)c1ccc(C(=O)O)cc1. The third-order valence-electron chi connectivity index (χ3n) is 5.28. The second-order valence-electron chi connectivity index (χ2n) is 8.97. The van der Waals surface area contributed by atoms with E-state index in [1.807, 2.05) is 11.0 Å². The highest BCUT2D eigenvalue weighted by Gasteiger charge is 2.23. The first-order valence-corrected chi connectivity index (χ1v) is 10.7. The maximum Gasteiger partial charge on any atom is 0.335 e. The van der Waals surface area contributed by atoms with E-state index in [1.165, 1.54) is 16.7 Å². The quantitative estimate of drug-likeness (QED) is 0.424. The van der Waals surface area contributed by atoms with Gasteiger partial charge < -0.3 is 14.7 Å². The van der Waals surface area contributed by atoms with E-state index in [0.717, 1.165) is 11.3 Å². The Labute approximate surface area is 197 Å². The van der Waals surface area contributed by atoms with Crippen molar-refractivity contribution in [1.82, 2.24) is 9.55 Å². The molecular weight excluding hydrogens is 434 g/mol. The third kappa shape index (κ3) is 5.44. The van der Waals surface area contributed by atoms with Crippen molar-refractivity contribution in [2.45, 2.75) is 41.0 Å². The first-order valence-electron chi connectivity index (χ1n) is 10.7. The van der Waals surface area contributed by atoms with Crippen molar-refractivity contribution in [1.29, 1.82) is 0 Å². The molecule has 0 saturated carbocycles. The minimum Gasteiger partial charge on any atom is -0.478 e. The van der Waals surface area contributed by atoms with Gasteiger partial charge in [0.15, 0.2) is 6.73 Å². The van der Waals surface area contributed by atoms with Crippen LogP contribution in [0.2, 0.25) is 0 Å². The number of aromatic nitrogens is 2. The average molecular weight is 462 g/mol. The number of hydrogen-bond donors (Lipinski definition) is 1. The minimum absolute atomic E-state index is 0.185. The normalized spacial score (nSPS) is 11.1. The fourth-order valence-corrected chi connectivity index (χ4v) is 3.35. The van der Waals surface area contributed by atoms with Crippen LogP contribution in [-0.4, -0.2) is 33.1 Å². The monoisotopic (exact) mass is 461 g/mol. The molecule has 0 bridgehead atoms. The maximum atomic E-state index is 13.2. The number of carbonyl (C=O) groups excluding carboxylic acids is 1. The first-order chi connectivity index (χ1) is 16.0. The van der Waals surface area contributed by atoms with Gasteiger partial charge >= 0.3 is 11.9 Å². The molecule has 0 saturated heterocycles. The topological polar surface area (TPSA) is 102 Å². The molecule has 0 aliphatic rings. The Balaban J connectivity index is 1.92. The number of aromatic carboxylic acids is 1. The highest BCUT2D eigenvalue weighted by molar-refractivity contribution is 5.88. The lowest BCUT2D eigenvalue weighted by Gasteiger charge is -2.23. The van der Waals surface area contributed by atoms with Gasteiger partial charge in [-0.05, 0) is 69.7 Å². The Kier molecular flexibility index (Phi) is 7.06. The van der Waals surface area contributed by atoms with Crippen molar-refractivity contribution in [2.75, 3.05) is 11.4 Å². The summed E-state index contributed by atoms with van der Waals surface area (Å²) in [6.07, 6.45) is 5.55. The molecule has 0 aliphatic heterocycles. The Bertz CT molecular complexity index is 1330. The predicted octanol–water partition coefficient (Wildman–Crippen LogP) is 3.59. The zero-order valence-electron chi connectivity index (χ0n) is 19.7. The van der Waals surface area contributed by atoms with E-state index in [0.29, 0.717) is 29.8 Å². The van der Waals surface area contributed by atoms with Gasteiger partial charge in [-0.3, -0.25) is 14.2 Å². The van der Waals surface area contributed by atoms with Crippen LogP contribution in [0.3, 0.4) is 0 Å². The molecule has 3 rings (SSSR count). The highest BCUT2D eigenvalue weighted by Crippen LogP contribution is 2.20. The molecule has 3 aromatic rings. The van der Waals surface area contributed by atoms with Gasteiger partial charge in [0.2, 0.25) is 0 Å². The van der Waals surface area contributed by atoms with E-state index >= 15 is 0 Å². The molecule has 176 valence electrons. The van der Waals surface area contributed by atoms with E-state index in [9.17, 15) is 14.4 Å². The number of esters is 1. The first kappa shape index (κ1) is 24.5. The summed E-state index contributed by atoms with van der Waals surface area (Å²) in [4.78, 5) is 42.8. The molecular formula is C26H27N3O5. The summed E-state index contributed by atoms with van der Waals surface area (Å²) in [6, 6.07) is 11.8. The third-order valence-corrected chi connectivity index (χ3v) is 5.28. The van der Waals surface area contributed by atoms with Crippen LogP contribution in [0, 0.1) is 24.7 Å². The Hall–Kier alpha value is -4.12. The summed E-state index contributed by atoms with van der Waals surface area (Å²) in [7, 11) is 0. The lowest BCUT2D eigenvalue weighted by atomic mass is 9.98. The van der Waals surface area contributed by atoms with Gasteiger partial charge in [0.25, 0.3) is 5.56 Å². The fourth-order valence-electron chi connectivity index (χ4n) is 3.35. The van der Waals surface area contributed by atoms with Crippen molar-refractivity contribution in [3.8, 4) is 12.3 Å². The molecule has 2 aromatic carbocycles. The fraction of sp³-hybridized carbons (Fsp3) is 0.308. The second-order valence-corrected chi connectivity index (χ2v) is 8.97. The van der Waals surface area contributed by atoms with Gasteiger partial charge in [-0.15, -0.1) is 6.42 Å². The van der Waals surface area contributed by atoms with Crippen molar-refractivity contribution in [2.24, 2.45) is 5.41 Å². The van der Waals surface area contributed by atoms with E-state index < -0.39 is 17.4 Å². The number of benzene rings is 2. The van der Waals surface area contributed by atoms with Gasteiger partial charge in [-0.2, -0.15) is 0 Å². The molecule has 0 atom stereocenters. The largest absolute Gasteiger partial charge is 0.478 e. The summed E-state index contributed by atoms with van der Waals surface area (Å²) >= 11 is 0. The van der Waals surface area contributed by atoms with Crippen LogP contribution in [-0.2, 0) is 22.8 Å². The number of anilines is 1. The number of terminal acetylenes is 1. The van der Waals surface area contributed by atoms with Crippen LogP contribution in [0.1, 0.15) is 42.5 Å². The van der Waals surface area contributed by atoms with E-state index in [-0.39, 0.29) is 17.9 Å². The van der Waals surface area contributed by atoms with E-state index in [4.69, 9.17) is 16.3 Å². The van der Waals surface area contributed by atoms with Crippen molar-refractivity contribution in [3.63, 3.8) is 0 Å². The van der Waals surface area contributed by atoms with Gasteiger partial charge in [-0.1, -0.05) is 12.0 Å². The van der Waals surface area contributed by atoms with Crippen LogP contribution >= 0.6 is 0 Å². The van der Waals surface area contributed by atoms with Crippen molar-refractivity contribution >= 4 is 28.5 Å². The van der Waals surface area contributed by atoms with Crippen molar-refractivity contribution in [3.05, 3.63) is 69.8 Å². The second kappa shape index (κ2) is 9.79. The smallest absolute Gasteiger partial charge is 0.335 e. The summed E-state index contributed by atoms with van der Waals surface area (Å²) in [5, 5.41) is 9.52. The minimum atomic E-state index is -1.00. The highest BCUT2D eigenvalue weighted by atomic mass is 16.5. The number of ether oxygens (including phenoxy) is 1. The number of hydrogen-bond acceptors (Lipinski definition) is 6. The molecule has 34 heavy (non-hydrogen) atoms. The molecule has 0 unspecified atom stereocenters. The summed E-state index contributed by atoms with van der Waals surface area (Å²) in [5.74, 6) is 1.64. The number of nitrogens with zero attached hydrogens (tertiary/aromatic N) is 3. The molecule has 0 fully saturated rings. The molecule has 1 heterocycles. The molecule has 8 nitrogen and oxygen atoms in total. The standard InChI is InChI=1S/C26H27N3O5/c1-6-13-28(20-10-8-19(9-11-20)24(31)32)15-18-7-12-22-21(14-18)23(30)29(17(2)27-22)16-34-25(33)26(3,4)5/h1,7-12,14H,13,15-16H2,2-5H3,(H,31,32). The average Bonchev–Trinajstić information content (AvgIpc) is 2.78. The predicted molar refractivity (Wildman–Crippen MR) is 130 cm³/mol. The molecule has 8 heteroatoms. The van der Waals surface area contributed by atoms with E-state index in [2.05, 4.69) is 10.9 Å². The van der Waals surface area contributed by atoms with Crippen LogP contribution in [0.15, 0.2) is 47.3 Å². The zero-order valence-corrected chi connectivity index (χ0v) is 19.7. The Morgan fingerprint density at radius 1 is 1.18 bits per heavy atom. The summed E-state index contributed by atoms with van der Waals surface area (Å²) < 4.78 is 6.66. The molecule has 1 N–H and O–H groups in total. The van der Waals surface area contributed by atoms with Gasteiger partial charge in [0.1, 0.15) is 5.82 Å². The number of aryl methyl sites for hydroxylation is 1. The van der Waals surface area contributed by atoms with Crippen molar-refractivity contribution < 1.29 is 19.4 Å². The van der Waals surface area contributed by atoms with Crippen LogP contribution in [0.25, 0.3) is 10.9 Å². The lowest BCUT2D eigenvalue weighted by molar-refractivity contribution is -0.157. The maximum absolute atomic E-state index is 13.2. The Morgan fingerprint density at radius 3 is 2.44 bits per heavy atom. The summed E-state index contributed by atoms with van der Waals surface area (Å²) in [5.41, 5.74) is 1.32. The van der Waals surface area contributed by atoms with Gasteiger partial charge in [0, 0.05) is 12.2 Å². The van der Waals surface area contributed by atoms with Gasteiger partial charge in [0.05, 0.1) is 28.4 Å². The molecule has 1 aromatic heterocycles. The molecule has 0 aliphatic carbocycles. The number of fused-ring (bicyclic) bond motifs is 1. The van der Waals surface area contributed by atoms with Crippen LogP contribution in [0.4, 0.5) is 5.69 Å². The summed E-state index contributed by atoms with van der Waals surface area (Å²) in [6.45, 7) is 7.40. The molecule has 0 amide bonds. The number of carbonyl (C=O) groups is 2. The van der Waals surface area contributed by atoms with Crippen LogP contribution in [0.5, 0.6) is 0 Å². The number of carboxylic acids is 1. The molecule has 0 spiro atoms. The number of rotatable bonds is 7. The zero-order chi connectivity index (χ0) is 25.0.